The Morgan fingerprint density at radius 3 is 2.43 bits per heavy atom. The van der Waals surface area contributed by atoms with Crippen molar-refractivity contribution in [1.82, 2.24) is 9.80 Å². The third-order valence-corrected chi connectivity index (χ3v) is 4.21. The molecule has 1 aliphatic rings. The molecule has 1 atom stereocenters. The summed E-state index contributed by atoms with van der Waals surface area (Å²) in [4.78, 5) is 3.28. The van der Waals surface area contributed by atoms with Crippen LogP contribution in [0, 0.1) is 5.82 Å². The van der Waals surface area contributed by atoms with Crippen molar-refractivity contribution in [2.45, 2.75) is 31.7 Å². The average Bonchev–Trinajstić information content (AvgIpc) is 2.40. The topological polar surface area (TPSA) is 26.7 Å². The molecule has 3 nitrogen and oxygen atoms in total. The van der Waals surface area contributed by atoms with Gasteiger partial charge in [-0.3, -0.25) is 9.80 Å². The molecule has 1 N–H and O–H groups in total. The van der Waals surface area contributed by atoms with Gasteiger partial charge >= 0.3 is 6.18 Å². The van der Waals surface area contributed by atoms with Crippen molar-refractivity contribution in [2.75, 3.05) is 32.7 Å². The summed E-state index contributed by atoms with van der Waals surface area (Å²) in [6.07, 6.45) is -5.23. The highest BCUT2D eigenvalue weighted by atomic mass is 19.4. The highest BCUT2D eigenvalue weighted by Crippen LogP contribution is 2.27. The second kappa shape index (κ2) is 6.75. The number of benzene rings is 1. The summed E-state index contributed by atoms with van der Waals surface area (Å²) in [5, 5.41) is 10.3. The van der Waals surface area contributed by atoms with Crippen LogP contribution in [0.4, 0.5) is 17.6 Å². The third-order valence-electron chi connectivity index (χ3n) is 4.21. The third kappa shape index (κ3) is 4.89. The van der Waals surface area contributed by atoms with Crippen molar-refractivity contribution >= 4 is 0 Å². The fraction of sp³-hybridized carbons (Fsp3) is 0.625. The monoisotopic (exact) mass is 334 g/mol. The van der Waals surface area contributed by atoms with E-state index in [1.807, 2.05) is 18.7 Å². The Labute approximate surface area is 133 Å². The van der Waals surface area contributed by atoms with Gasteiger partial charge in [0.05, 0.1) is 12.6 Å². The summed E-state index contributed by atoms with van der Waals surface area (Å²) < 4.78 is 51.3. The van der Waals surface area contributed by atoms with Gasteiger partial charge in [0.2, 0.25) is 0 Å². The fourth-order valence-corrected chi connectivity index (χ4v) is 3.07. The molecule has 0 spiro atoms. The van der Waals surface area contributed by atoms with Crippen molar-refractivity contribution in [1.29, 1.82) is 0 Å². The lowest BCUT2D eigenvalue weighted by molar-refractivity contribution is -0.156. The van der Waals surface area contributed by atoms with E-state index < -0.39 is 30.2 Å². The number of halogens is 4. The van der Waals surface area contributed by atoms with Crippen molar-refractivity contribution in [3.05, 3.63) is 35.6 Å². The zero-order chi connectivity index (χ0) is 17.3. The van der Waals surface area contributed by atoms with Gasteiger partial charge in [0.25, 0.3) is 0 Å². The lowest BCUT2D eigenvalue weighted by Gasteiger charge is -2.48. The van der Waals surface area contributed by atoms with E-state index in [9.17, 15) is 22.7 Å². The molecule has 23 heavy (non-hydrogen) atoms. The largest absolute Gasteiger partial charge is 0.401 e. The maximum absolute atomic E-state index is 13.7. The van der Waals surface area contributed by atoms with Crippen LogP contribution in [0.1, 0.15) is 25.5 Å². The predicted molar refractivity (Wildman–Crippen MR) is 79.5 cm³/mol. The molecule has 1 aliphatic heterocycles. The molecule has 1 unspecified atom stereocenters. The van der Waals surface area contributed by atoms with Gasteiger partial charge in [-0.25, -0.2) is 4.39 Å². The lowest BCUT2D eigenvalue weighted by Crippen LogP contribution is -2.61. The van der Waals surface area contributed by atoms with Crippen LogP contribution in [-0.2, 0) is 0 Å². The SMILES string of the molecule is CC1(C)CN(CC(F)(F)F)CCN1CC(O)c1ccccc1F. The summed E-state index contributed by atoms with van der Waals surface area (Å²) >= 11 is 0. The van der Waals surface area contributed by atoms with Crippen LogP contribution < -0.4 is 0 Å². The predicted octanol–water partition coefficient (Wildman–Crippen LogP) is 2.82. The number of hydrogen-bond acceptors (Lipinski definition) is 3. The zero-order valence-corrected chi connectivity index (χ0v) is 13.3. The van der Waals surface area contributed by atoms with Gasteiger partial charge in [0.15, 0.2) is 0 Å². The van der Waals surface area contributed by atoms with Crippen molar-refractivity contribution < 1.29 is 22.7 Å². The molecule has 0 radical (unpaired) electrons. The number of piperazine rings is 1. The van der Waals surface area contributed by atoms with Gasteiger partial charge in [-0.1, -0.05) is 18.2 Å². The Morgan fingerprint density at radius 2 is 1.87 bits per heavy atom. The van der Waals surface area contributed by atoms with Crippen LogP contribution >= 0.6 is 0 Å². The normalized spacial score (nSPS) is 21.3. The molecule has 1 heterocycles. The summed E-state index contributed by atoms with van der Waals surface area (Å²) in [5.41, 5.74) is -0.323. The zero-order valence-electron chi connectivity index (χ0n) is 13.3. The number of alkyl halides is 3. The first-order valence-corrected chi connectivity index (χ1v) is 7.55. The molecule has 1 fully saturated rings. The van der Waals surface area contributed by atoms with E-state index >= 15 is 0 Å². The summed E-state index contributed by atoms with van der Waals surface area (Å²) in [6, 6.07) is 6.00. The standard InChI is InChI=1S/C16H22F4N2O/c1-15(2)10-21(11-16(18,19)20)7-8-22(15)9-14(23)12-5-3-4-6-13(12)17/h3-6,14,23H,7-11H2,1-2H3. The highest BCUT2D eigenvalue weighted by Gasteiger charge is 2.39. The maximum atomic E-state index is 13.7. The molecule has 0 amide bonds. The minimum Gasteiger partial charge on any atom is -0.387 e. The number of aliphatic hydroxyl groups excluding tert-OH is 1. The Bertz CT molecular complexity index is 533. The molecule has 1 aromatic rings. The molecular weight excluding hydrogens is 312 g/mol. The molecule has 0 aliphatic carbocycles. The number of rotatable bonds is 4. The molecule has 0 bridgehead atoms. The minimum absolute atomic E-state index is 0.188. The van der Waals surface area contributed by atoms with E-state index in [0.29, 0.717) is 6.54 Å². The second-order valence-corrected chi connectivity index (χ2v) is 6.62. The Hall–Kier alpha value is -1.18. The van der Waals surface area contributed by atoms with E-state index in [4.69, 9.17) is 0 Å². The summed E-state index contributed by atoms with van der Waals surface area (Å²) in [5.74, 6) is -0.478. The van der Waals surface area contributed by atoms with E-state index in [1.165, 1.54) is 17.0 Å². The van der Waals surface area contributed by atoms with E-state index in [2.05, 4.69) is 0 Å². The van der Waals surface area contributed by atoms with Gasteiger partial charge in [0.1, 0.15) is 5.82 Å². The Morgan fingerprint density at radius 1 is 1.22 bits per heavy atom. The van der Waals surface area contributed by atoms with E-state index in [0.717, 1.165) is 0 Å². The summed E-state index contributed by atoms with van der Waals surface area (Å²) in [7, 11) is 0. The number of aliphatic hydroxyl groups is 1. The van der Waals surface area contributed by atoms with Gasteiger partial charge in [-0.05, 0) is 19.9 Å². The van der Waals surface area contributed by atoms with E-state index in [-0.39, 0.29) is 25.2 Å². The van der Waals surface area contributed by atoms with Gasteiger partial charge < -0.3 is 5.11 Å². The minimum atomic E-state index is -4.22. The van der Waals surface area contributed by atoms with Crippen molar-refractivity contribution in [2.24, 2.45) is 0 Å². The second-order valence-electron chi connectivity index (χ2n) is 6.62. The molecular formula is C16H22F4N2O. The number of nitrogens with zero attached hydrogens (tertiary/aromatic N) is 2. The molecule has 0 saturated carbocycles. The molecule has 2 rings (SSSR count). The molecule has 0 aromatic heterocycles. The number of β-amino-alcohol motifs (C(OH)–C–C–N with tert-alkyl or cyclic N) is 1. The first-order valence-electron chi connectivity index (χ1n) is 7.55. The lowest BCUT2D eigenvalue weighted by atomic mass is 9.97. The van der Waals surface area contributed by atoms with Gasteiger partial charge in [-0.2, -0.15) is 13.2 Å². The van der Waals surface area contributed by atoms with Gasteiger partial charge in [0, 0.05) is 37.3 Å². The van der Waals surface area contributed by atoms with Crippen molar-refractivity contribution in [3.63, 3.8) is 0 Å². The molecule has 7 heteroatoms. The fourth-order valence-electron chi connectivity index (χ4n) is 3.07. The first-order chi connectivity index (χ1) is 10.6. The quantitative estimate of drug-likeness (QED) is 0.858. The first kappa shape index (κ1) is 18.2. The smallest absolute Gasteiger partial charge is 0.387 e. The Balaban J connectivity index is 2.00. The van der Waals surface area contributed by atoms with E-state index in [1.54, 1.807) is 12.1 Å². The summed E-state index contributed by atoms with van der Waals surface area (Å²) in [6.45, 7) is 3.85. The van der Waals surface area contributed by atoms with Crippen LogP contribution in [0.3, 0.4) is 0 Å². The van der Waals surface area contributed by atoms with Crippen LogP contribution in [0.2, 0.25) is 0 Å². The molecule has 1 saturated heterocycles. The molecule has 130 valence electrons. The highest BCUT2D eigenvalue weighted by molar-refractivity contribution is 5.20. The maximum Gasteiger partial charge on any atom is 0.401 e. The molecule has 1 aromatic carbocycles. The van der Waals surface area contributed by atoms with Crippen LogP contribution in [0.5, 0.6) is 0 Å². The van der Waals surface area contributed by atoms with Crippen LogP contribution in [0.25, 0.3) is 0 Å². The van der Waals surface area contributed by atoms with Gasteiger partial charge in [-0.15, -0.1) is 0 Å². The van der Waals surface area contributed by atoms with Crippen LogP contribution in [0.15, 0.2) is 24.3 Å². The number of hydrogen-bond donors (Lipinski definition) is 1. The Kier molecular flexibility index (Phi) is 5.33. The van der Waals surface area contributed by atoms with Crippen LogP contribution in [-0.4, -0.2) is 59.3 Å². The average molecular weight is 334 g/mol. The van der Waals surface area contributed by atoms with Crippen molar-refractivity contribution in [3.8, 4) is 0 Å².